The van der Waals surface area contributed by atoms with Gasteiger partial charge >= 0.3 is 11.1 Å². The van der Waals surface area contributed by atoms with E-state index in [9.17, 15) is 28.1 Å². The number of nitro benzene ring substituents is 1. The molecule has 11 nitrogen and oxygen atoms in total. The Morgan fingerprint density at radius 1 is 1.25 bits per heavy atom. The summed E-state index contributed by atoms with van der Waals surface area (Å²) in [4.78, 5) is 39.3. The molecular formula is C12H14N4O7S. The van der Waals surface area contributed by atoms with Gasteiger partial charge in [-0.25, -0.2) is 0 Å². The molecule has 0 aliphatic rings. The van der Waals surface area contributed by atoms with E-state index in [2.05, 4.69) is 9.97 Å². The number of H-pyrrole nitrogens is 2. The van der Waals surface area contributed by atoms with E-state index in [1.54, 1.807) is 7.05 Å². The van der Waals surface area contributed by atoms with Crippen molar-refractivity contribution in [3.05, 3.63) is 48.5 Å². The number of hydrogen-bond acceptors (Lipinski definition) is 7. The van der Waals surface area contributed by atoms with Crippen molar-refractivity contribution in [2.24, 2.45) is 0 Å². The molecule has 1 aromatic heterocycles. The molecule has 0 fully saturated rings. The minimum absolute atomic E-state index is 0.0311. The third kappa shape index (κ3) is 4.24. The Labute approximate surface area is 134 Å². The Balaban J connectivity index is 2.47. The molecule has 0 aliphatic carbocycles. The predicted molar refractivity (Wildman–Crippen MR) is 84.6 cm³/mol. The third-order valence-corrected chi connectivity index (χ3v) is 3.98. The van der Waals surface area contributed by atoms with Crippen molar-refractivity contribution in [2.75, 3.05) is 19.3 Å². The maximum atomic E-state index is 11.5. The van der Waals surface area contributed by atoms with Crippen molar-refractivity contribution in [3.63, 3.8) is 0 Å². The fourth-order valence-corrected chi connectivity index (χ4v) is 2.69. The maximum absolute atomic E-state index is 11.5. The minimum atomic E-state index is -4.14. The van der Waals surface area contributed by atoms with Gasteiger partial charge in [0.25, 0.3) is 15.8 Å². The lowest BCUT2D eigenvalue weighted by atomic mass is 10.1. The molecular weight excluding hydrogens is 344 g/mol. The first-order valence-electron chi connectivity index (χ1n) is 6.64. The number of nitrogens with zero attached hydrogens (tertiary/aromatic N) is 2. The van der Waals surface area contributed by atoms with Crippen LogP contribution in [0.1, 0.15) is 5.56 Å². The number of nitrogens with one attached hydrogen (secondary N) is 2. The second kappa shape index (κ2) is 6.51. The average molecular weight is 358 g/mol. The Morgan fingerprint density at radius 2 is 1.88 bits per heavy atom. The summed E-state index contributed by atoms with van der Waals surface area (Å²) in [5.74, 6) is -0.510. The molecule has 130 valence electrons. The van der Waals surface area contributed by atoms with E-state index in [0.717, 1.165) is 6.07 Å². The van der Waals surface area contributed by atoms with Crippen LogP contribution in [0.15, 0.2) is 21.7 Å². The maximum Gasteiger partial charge on any atom is 0.314 e. The van der Waals surface area contributed by atoms with Gasteiger partial charge in [0.15, 0.2) is 0 Å². The lowest BCUT2D eigenvalue weighted by molar-refractivity contribution is -0.384. The molecule has 0 aliphatic heterocycles. The van der Waals surface area contributed by atoms with Gasteiger partial charge in [-0.3, -0.25) is 24.3 Å². The molecule has 0 atom stereocenters. The van der Waals surface area contributed by atoms with Crippen molar-refractivity contribution < 1.29 is 17.9 Å². The third-order valence-electron chi connectivity index (χ3n) is 3.28. The summed E-state index contributed by atoms with van der Waals surface area (Å²) < 4.78 is 30.3. The molecule has 2 aromatic rings. The zero-order chi connectivity index (χ0) is 18.1. The lowest BCUT2D eigenvalue weighted by Crippen LogP contribution is -2.30. The predicted octanol–water partition coefficient (Wildman–Crippen LogP) is -0.556. The summed E-state index contributed by atoms with van der Waals surface area (Å²) in [5.41, 5.74) is -1.50. The van der Waals surface area contributed by atoms with Gasteiger partial charge in [-0.2, -0.15) is 8.42 Å². The van der Waals surface area contributed by atoms with Crippen molar-refractivity contribution in [1.82, 2.24) is 14.9 Å². The Kier molecular flexibility index (Phi) is 4.82. The molecule has 0 unspecified atom stereocenters. The summed E-state index contributed by atoms with van der Waals surface area (Å²) in [6.07, 6.45) is 0. The van der Waals surface area contributed by atoms with Gasteiger partial charge in [0.05, 0.1) is 21.7 Å². The van der Waals surface area contributed by atoms with E-state index < -0.39 is 31.9 Å². The van der Waals surface area contributed by atoms with Crippen LogP contribution in [0.4, 0.5) is 5.69 Å². The summed E-state index contributed by atoms with van der Waals surface area (Å²) >= 11 is 0. The number of fused-ring (bicyclic) bond motifs is 1. The Morgan fingerprint density at radius 3 is 2.46 bits per heavy atom. The molecule has 0 saturated carbocycles. The number of non-ortho nitro benzene ring substituents is 1. The van der Waals surface area contributed by atoms with Crippen molar-refractivity contribution in [2.45, 2.75) is 6.54 Å². The van der Waals surface area contributed by atoms with Crippen molar-refractivity contribution in [3.8, 4) is 0 Å². The zero-order valence-corrected chi connectivity index (χ0v) is 13.3. The summed E-state index contributed by atoms with van der Waals surface area (Å²) in [7, 11) is -2.60. The first-order valence-corrected chi connectivity index (χ1v) is 8.25. The van der Waals surface area contributed by atoms with E-state index in [4.69, 9.17) is 4.55 Å². The first-order chi connectivity index (χ1) is 11.1. The number of aromatic amines is 2. The van der Waals surface area contributed by atoms with Crippen LogP contribution in [-0.2, 0) is 16.7 Å². The molecule has 0 bridgehead atoms. The van der Waals surface area contributed by atoms with Gasteiger partial charge in [-0.1, -0.05) is 0 Å². The van der Waals surface area contributed by atoms with E-state index in [1.807, 2.05) is 0 Å². The van der Waals surface area contributed by atoms with Crippen LogP contribution in [-0.4, -0.2) is 52.1 Å². The standard InChI is InChI=1S/C12H14N4O7S/c1-15(2-3-24(21,22)23)6-7-4-8(16(19)20)5-9-10(7)14-12(18)11(17)13-9/h4-5H,2-3,6H2,1H3,(H,13,17)(H,14,18)(H,21,22,23). The second-order valence-electron chi connectivity index (χ2n) is 5.22. The van der Waals surface area contributed by atoms with Gasteiger partial charge in [-0.15, -0.1) is 0 Å². The molecule has 0 radical (unpaired) electrons. The highest BCUT2D eigenvalue weighted by atomic mass is 32.2. The molecule has 0 amide bonds. The van der Waals surface area contributed by atoms with Crippen LogP contribution in [0.25, 0.3) is 11.0 Å². The summed E-state index contributed by atoms with van der Waals surface area (Å²) in [5, 5.41) is 11.0. The van der Waals surface area contributed by atoms with Gasteiger partial charge in [0, 0.05) is 25.2 Å². The van der Waals surface area contributed by atoms with Crippen LogP contribution in [0.2, 0.25) is 0 Å². The van der Waals surface area contributed by atoms with Gasteiger partial charge < -0.3 is 14.9 Å². The first kappa shape index (κ1) is 17.8. The highest BCUT2D eigenvalue weighted by molar-refractivity contribution is 7.85. The highest BCUT2D eigenvalue weighted by Crippen LogP contribution is 2.22. The number of rotatable bonds is 6. The molecule has 2 rings (SSSR count). The van der Waals surface area contributed by atoms with Crippen molar-refractivity contribution >= 4 is 26.8 Å². The molecule has 0 saturated heterocycles. The number of benzene rings is 1. The monoisotopic (exact) mass is 358 g/mol. The topological polar surface area (TPSA) is 166 Å². The molecule has 0 spiro atoms. The normalized spacial score (nSPS) is 12.0. The molecule has 1 heterocycles. The zero-order valence-electron chi connectivity index (χ0n) is 12.5. The molecule has 1 aromatic carbocycles. The smallest absolute Gasteiger partial charge is 0.314 e. The van der Waals surface area contributed by atoms with Crippen molar-refractivity contribution in [1.29, 1.82) is 0 Å². The van der Waals surface area contributed by atoms with Crippen LogP contribution < -0.4 is 11.1 Å². The minimum Gasteiger partial charge on any atom is -0.316 e. The molecule has 12 heteroatoms. The lowest BCUT2D eigenvalue weighted by Gasteiger charge is -2.16. The second-order valence-corrected chi connectivity index (χ2v) is 6.79. The summed E-state index contributed by atoms with van der Waals surface area (Å²) in [6.45, 7) is 0.0201. The van der Waals surface area contributed by atoms with Crippen LogP contribution >= 0.6 is 0 Å². The van der Waals surface area contributed by atoms with E-state index >= 15 is 0 Å². The Bertz CT molecular complexity index is 1010. The number of nitro groups is 1. The van der Waals surface area contributed by atoms with Crippen LogP contribution in [0.3, 0.4) is 0 Å². The molecule has 3 N–H and O–H groups in total. The highest BCUT2D eigenvalue weighted by Gasteiger charge is 2.16. The average Bonchev–Trinajstić information content (AvgIpc) is 2.46. The van der Waals surface area contributed by atoms with Crippen LogP contribution in [0.5, 0.6) is 0 Å². The van der Waals surface area contributed by atoms with Gasteiger partial charge in [-0.05, 0) is 12.6 Å². The number of aromatic nitrogens is 2. The van der Waals surface area contributed by atoms with Gasteiger partial charge in [0.2, 0.25) is 0 Å². The van der Waals surface area contributed by atoms with E-state index in [0.29, 0.717) is 5.56 Å². The van der Waals surface area contributed by atoms with E-state index in [1.165, 1.54) is 11.0 Å². The molecule has 24 heavy (non-hydrogen) atoms. The van der Waals surface area contributed by atoms with E-state index in [-0.39, 0.29) is 29.8 Å². The SMILES string of the molecule is CN(CCS(=O)(=O)O)Cc1cc([N+](=O)[O-])cc2[nH]c(=O)c(=O)[nH]c12. The number of hydrogen-bond donors (Lipinski definition) is 3. The summed E-state index contributed by atoms with van der Waals surface area (Å²) in [6, 6.07) is 2.34. The quantitative estimate of drug-likeness (QED) is 0.267. The largest absolute Gasteiger partial charge is 0.316 e. The van der Waals surface area contributed by atoms with Crippen LogP contribution in [0, 0.1) is 10.1 Å². The fourth-order valence-electron chi connectivity index (χ4n) is 2.15. The fraction of sp³-hybridized carbons (Fsp3) is 0.333. The Hall–Kier alpha value is -2.57. The van der Waals surface area contributed by atoms with Gasteiger partial charge in [0.1, 0.15) is 0 Å².